The molecule has 0 aliphatic heterocycles. The summed E-state index contributed by atoms with van der Waals surface area (Å²) in [5.74, 6) is 0.0239. The van der Waals surface area contributed by atoms with Crippen LogP contribution < -0.4 is 4.90 Å². The van der Waals surface area contributed by atoms with Crippen LogP contribution in [0.25, 0.3) is 0 Å². The molecule has 13 heavy (non-hydrogen) atoms. The van der Waals surface area contributed by atoms with Crippen molar-refractivity contribution in [3.05, 3.63) is 24.1 Å². The third-order valence-corrected chi connectivity index (χ3v) is 1.63. The fraction of sp³-hybridized carbons (Fsp3) is 0.444. The Bertz CT molecular complexity index is 278. The zero-order valence-corrected chi connectivity index (χ0v) is 7.74. The van der Waals surface area contributed by atoms with E-state index in [9.17, 15) is 4.39 Å². The van der Waals surface area contributed by atoms with Crippen LogP contribution >= 0.6 is 0 Å². The zero-order chi connectivity index (χ0) is 9.84. The summed E-state index contributed by atoms with van der Waals surface area (Å²) in [5, 5.41) is 9.09. The summed E-state index contributed by atoms with van der Waals surface area (Å²) >= 11 is 0. The lowest BCUT2D eigenvalue weighted by Gasteiger charge is -2.19. The highest BCUT2D eigenvalue weighted by Crippen LogP contribution is 2.08. The Balaban J connectivity index is 2.71. The van der Waals surface area contributed by atoms with Gasteiger partial charge in [-0.15, -0.1) is 0 Å². The normalized spacial score (nSPS) is 12.6. The van der Waals surface area contributed by atoms with Gasteiger partial charge in [-0.2, -0.15) is 4.39 Å². The van der Waals surface area contributed by atoms with Crippen LogP contribution in [0.2, 0.25) is 0 Å². The minimum atomic E-state index is -0.505. The number of anilines is 1. The van der Waals surface area contributed by atoms with Crippen molar-refractivity contribution in [3.63, 3.8) is 0 Å². The lowest BCUT2D eigenvalue weighted by atomic mass is 10.3. The van der Waals surface area contributed by atoms with Crippen molar-refractivity contribution in [3.8, 4) is 0 Å². The van der Waals surface area contributed by atoms with Crippen LogP contribution in [0.15, 0.2) is 18.2 Å². The molecule has 0 bridgehead atoms. The van der Waals surface area contributed by atoms with Crippen LogP contribution in [-0.4, -0.2) is 29.8 Å². The minimum Gasteiger partial charge on any atom is -0.392 e. The molecule has 0 aliphatic rings. The molecule has 1 atom stereocenters. The molecule has 1 N–H and O–H groups in total. The Hall–Kier alpha value is -1.16. The monoisotopic (exact) mass is 184 g/mol. The van der Waals surface area contributed by atoms with E-state index in [1.165, 1.54) is 6.07 Å². The van der Waals surface area contributed by atoms with Gasteiger partial charge in [0.05, 0.1) is 6.10 Å². The molecular weight excluding hydrogens is 171 g/mol. The molecule has 3 nitrogen and oxygen atoms in total. The summed E-state index contributed by atoms with van der Waals surface area (Å²) < 4.78 is 12.7. The summed E-state index contributed by atoms with van der Waals surface area (Å²) in [4.78, 5) is 5.38. The molecule has 0 spiro atoms. The first kappa shape index (κ1) is 9.92. The average Bonchev–Trinajstić information content (AvgIpc) is 2.03. The van der Waals surface area contributed by atoms with Gasteiger partial charge in [0.2, 0.25) is 5.95 Å². The molecule has 4 heteroatoms. The summed E-state index contributed by atoms with van der Waals surface area (Å²) in [6, 6.07) is 4.58. The minimum absolute atomic E-state index is 0.441. The summed E-state index contributed by atoms with van der Waals surface area (Å²) in [7, 11) is 1.76. The molecule has 1 rings (SSSR count). The van der Waals surface area contributed by atoms with Crippen LogP contribution in [0.1, 0.15) is 6.92 Å². The van der Waals surface area contributed by atoms with Gasteiger partial charge in [-0.1, -0.05) is 6.07 Å². The summed E-state index contributed by atoms with van der Waals surface area (Å²) in [6.07, 6.45) is -0.449. The van der Waals surface area contributed by atoms with Crippen LogP contribution in [0.4, 0.5) is 10.2 Å². The molecule has 72 valence electrons. The quantitative estimate of drug-likeness (QED) is 0.713. The molecule has 0 radical (unpaired) electrons. The molecule has 0 unspecified atom stereocenters. The van der Waals surface area contributed by atoms with E-state index in [1.807, 2.05) is 0 Å². The Morgan fingerprint density at radius 3 is 2.85 bits per heavy atom. The standard InChI is InChI=1S/C9H13FN2O/c1-7(13)6-12(2)9-5-3-4-8(10)11-9/h3-5,7,13H,6H2,1-2H3/t7-/m1/s1. The van der Waals surface area contributed by atoms with Gasteiger partial charge in [-0.05, 0) is 19.1 Å². The molecular formula is C9H13FN2O. The van der Waals surface area contributed by atoms with Crippen molar-refractivity contribution >= 4 is 5.82 Å². The Morgan fingerprint density at radius 1 is 1.62 bits per heavy atom. The van der Waals surface area contributed by atoms with Gasteiger partial charge in [0, 0.05) is 13.6 Å². The molecule has 0 aliphatic carbocycles. The van der Waals surface area contributed by atoms with Crippen LogP contribution in [-0.2, 0) is 0 Å². The largest absolute Gasteiger partial charge is 0.392 e. The predicted molar refractivity (Wildman–Crippen MR) is 49.1 cm³/mol. The highest BCUT2D eigenvalue weighted by Gasteiger charge is 2.05. The number of likely N-dealkylation sites (N-methyl/N-ethyl adjacent to an activating group) is 1. The fourth-order valence-corrected chi connectivity index (χ4v) is 1.10. The number of halogens is 1. The first-order valence-corrected chi connectivity index (χ1v) is 4.11. The van der Waals surface area contributed by atoms with Crippen molar-refractivity contribution in [2.75, 3.05) is 18.5 Å². The van der Waals surface area contributed by atoms with E-state index in [1.54, 1.807) is 31.0 Å². The molecule has 0 fully saturated rings. The predicted octanol–water partition coefficient (Wildman–Crippen LogP) is 1.04. The van der Waals surface area contributed by atoms with Crippen molar-refractivity contribution in [1.82, 2.24) is 4.98 Å². The zero-order valence-electron chi connectivity index (χ0n) is 7.74. The number of aromatic nitrogens is 1. The fourth-order valence-electron chi connectivity index (χ4n) is 1.10. The van der Waals surface area contributed by atoms with Gasteiger partial charge in [0.25, 0.3) is 0 Å². The van der Waals surface area contributed by atoms with Gasteiger partial charge in [0.1, 0.15) is 5.82 Å². The van der Waals surface area contributed by atoms with Crippen molar-refractivity contribution in [1.29, 1.82) is 0 Å². The number of pyridine rings is 1. The number of rotatable bonds is 3. The van der Waals surface area contributed by atoms with Crippen LogP contribution in [0.5, 0.6) is 0 Å². The molecule has 0 amide bonds. The smallest absolute Gasteiger partial charge is 0.214 e. The SMILES string of the molecule is C[C@@H](O)CN(C)c1cccc(F)n1. The number of aliphatic hydroxyl groups excluding tert-OH is 1. The van der Waals surface area contributed by atoms with E-state index in [-0.39, 0.29) is 0 Å². The third kappa shape index (κ3) is 2.99. The maximum atomic E-state index is 12.7. The number of nitrogens with zero attached hydrogens (tertiary/aromatic N) is 2. The number of hydrogen-bond acceptors (Lipinski definition) is 3. The van der Waals surface area contributed by atoms with Gasteiger partial charge in [0.15, 0.2) is 0 Å². The van der Waals surface area contributed by atoms with E-state index in [4.69, 9.17) is 5.11 Å². The molecule has 0 saturated carbocycles. The van der Waals surface area contributed by atoms with Gasteiger partial charge in [-0.3, -0.25) is 0 Å². The summed E-state index contributed by atoms with van der Waals surface area (Å²) in [6.45, 7) is 2.12. The second-order valence-electron chi connectivity index (χ2n) is 3.05. The summed E-state index contributed by atoms with van der Waals surface area (Å²) in [5.41, 5.74) is 0. The second kappa shape index (κ2) is 4.18. The maximum absolute atomic E-state index is 12.7. The molecule has 1 aromatic rings. The number of hydrogen-bond donors (Lipinski definition) is 1. The molecule has 0 aromatic carbocycles. The topological polar surface area (TPSA) is 36.4 Å². The van der Waals surface area contributed by atoms with E-state index in [0.717, 1.165) is 0 Å². The second-order valence-corrected chi connectivity index (χ2v) is 3.05. The van der Waals surface area contributed by atoms with E-state index in [0.29, 0.717) is 12.4 Å². The first-order chi connectivity index (χ1) is 6.09. The third-order valence-electron chi connectivity index (χ3n) is 1.63. The van der Waals surface area contributed by atoms with Gasteiger partial charge in [-0.25, -0.2) is 4.98 Å². The Kier molecular flexibility index (Phi) is 3.19. The number of aliphatic hydroxyl groups is 1. The van der Waals surface area contributed by atoms with Crippen LogP contribution in [0.3, 0.4) is 0 Å². The highest BCUT2D eigenvalue weighted by molar-refractivity contribution is 5.36. The maximum Gasteiger partial charge on any atom is 0.214 e. The van der Waals surface area contributed by atoms with Gasteiger partial charge >= 0.3 is 0 Å². The van der Waals surface area contributed by atoms with Crippen molar-refractivity contribution < 1.29 is 9.50 Å². The van der Waals surface area contributed by atoms with Crippen molar-refractivity contribution in [2.24, 2.45) is 0 Å². The highest BCUT2D eigenvalue weighted by atomic mass is 19.1. The average molecular weight is 184 g/mol. The molecule has 1 aromatic heterocycles. The molecule has 0 saturated heterocycles. The molecule has 1 heterocycles. The van der Waals surface area contributed by atoms with Crippen LogP contribution in [0, 0.1) is 5.95 Å². The first-order valence-electron chi connectivity index (χ1n) is 4.11. The Morgan fingerprint density at radius 2 is 2.31 bits per heavy atom. The Labute approximate surface area is 76.8 Å². The van der Waals surface area contributed by atoms with E-state index in [2.05, 4.69) is 4.98 Å². The lowest BCUT2D eigenvalue weighted by molar-refractivity contribution is 0.201. The lowest BCUT2D eigenvalue weighted by Crippen LogP contribution is -2.27. The van der Waals surface area contributed by atoms with E-state index >= 15 is 0 Å². The van der Waals surface area contributed by atoms with Crippen molar-refractivity contribution in [2.45, 2.75) is 13.0 Å². The van der Waals surface area contributed by atoms with E-state index < -0.39 is 12.1 Å². The van der Waals surface area contributed by atoms with Gasteiger partial charge < -0.3 is 10.0 Å².